The minimum atomic E-state index is -3.95. The predicted molar refractivity (Wildman–Crippen MR) is 121 cm³/mol. The van der Waals surface area contributed by atoms with Gasteiger partial charge in [-0.05, 0) is 49.1 Å². The van der Waals surface area contributed by atoms with E-state index in [0.29, 0.717) is 30.8 Å². The van der Waals surface area contributed by atoms with Crippen molar-refractivity contribution >= 4 is 15.9 Å². The molecule has 3 atom stereocenters. The van der Waals surface area contributed by atoms with E-state index in [4.69, 9.17) is 4.74 Å². The second kappa shape index (κ2) is 9.21. The third-order valence-corrected chi connectivity index (χ3v) is 8.20. The van der Waals surface area contributed by atoms with Crippen LogP contribution in [0.3, 0.4) is 0 Å². The van der Waals surface area contributed by atoms with Crippen molar-refractivity contribution in [2.45, 2.75) is 48.6 Å². The summed E-state index contributed by atoms with van der Waals surface area (Å²) in [5.41, 5.74) is -0.126. The van der Waals surface area contributed by atoms with Crippen molar-refractivity contribution in [3.05, 3.63) is 60.2 Å². The number of piperidine rings is 1. The number of nitrogens with zero attached hydrogens (tertiary/aromatic N) is 1. The highest BCUT2D eigenvalue weighted by molar-refractivity contribution is 7.89. The lowest BCUT2D eigenvalue weighted by Crippen LogP contribution is -2.56. The molecule has 4 rings (SSSR count). The van der Waals surface area contributed by atoms with E-state index in [1.54, 1.807) is 41.3 Å². The number of fused-ring (bicyclic) bond motifs is 1. The van der Waals surface area contributed by atoms with Gasteiger partial charge in [0.1, 0.15) is 11.8 Å². The number of nitrogens with one attached hydrogen (secondary N) is 1. The summed E-state index contributed by atoms with van der Waals surface area (Å²) in [6, 6.07) is 13.9. The molecule has 1 saturated carbocycles. The normalized spacial score (nSPS) is 24.4. The van der Waals surface area contributed by atoms with Gasteiger partial charge in [0.05, 0.1) is 17.6 Å². The molecule has 1 aliphatic carbocycles. The van der Waals surface area contributed by atoms with Crippen LogP contribution in [0.4, 0.5) is 0 Å². The van der Waals surface area contributed by atoms with Crippen LogP contribution in [0.25, 0.3) is 0 Å². The third-order valence-electron chi connectivity index (χ3n) is 6.76. The van der Waals surface area contributed by atoms with Gasteiger partial charge in [0.25, 0.3) is 0 Å². The van der Waals surface area contributed by atoms with Gasteiger partial charge in [0, 0.05) is 19.0 Å². The fourth-order valence-electron chi connectivity index (χ4n) is 4.84. The van der Waals surface area contributed by atoms with Crippen LogP contribution in [-0.4, -0.2) is 50.1 Å². The van der Waals surface area contributed by atoms with Gasteiger partial charge in [-0.25, -0.2) is 8.42 Å². The molecule has 1 aliphatic heterocycles. The van der Waals surface area contributed by atoms with Gasteiger partial charge in [-0.1, -0.05) is 43.2 Å². The van der Waals surface area contributed by atoms with Gasteiger partial charge in [0.2, 0.25) is 15.9 Å². The standard InChI is InChI=1S/C24H30N2O5S/c1-31-20-10-12-21(13-11-20)32(29,30)25-22(18-7-3-2-4-8-18)23(27)26-16-15-24(28)14-6-5-9-19(24)17-26/h2-4,7-8,10-13,19,22,25,28H,5-6,9,14-17H2,1H3/t19-,22+,24-/m1/s1. The van der Waals surface area contributed by atoms with E-state index in [1.165, 1.54) is 19.2 Å². The highest BCUT2D eigenvalue weighted by atomic mass is 32.2. The maximum Gasteiger partial charge on any atom is 0.245 e. The maximum atomic E-state index is 13.6. The Morgan fingerprint density at radius 1 is 1.12 bits per heavy atom. The number of likely N-dealkylation sites (tertiary alicyclic amines) is 1. The van der Waals surface area contributed by atoms with Crippen LogP contribution in [-0.2, 0) is 14.8 Å². The monoisotopic (exact) mass is 458 g/mol. The molecule has 2 fully saturated rings. The van der Waals surface area contributed by atoms with Crippen molar-refractivity contribution < 1.29 is 23.1 Å². The summed E-state index contributed by atoms with van der Waals surface area (Å²) in [4.78, 5) is 15.4. The smallest absolute Gasteiger partial charge is 0.245 e. The van der Waals surface area contributed by atoms with Crippen molar-refractivity contribution in [2.24, 2.45) is 5.92 Å². The summed E-state index contributed by atoms with van der Waals surface area (Å²) < 4.78 is 34.0. The van der Waals surface area contributed by atoms with Crippen LogP contribution in [0, 0.1) is 5.92 Å². The first-order chi connectivity index (χ1) is 15.3. The lowest BCUT2D eigenvalue weighted by Gasteiger charge is -2.48. The summed E-state index contributed by atoms with van der Waals surface area (Å²) >= 11 is 0. The Morgan fingerprint density at radius 2 is 1.84 bits per heavy atom. The van der Waals surface area contributed by atoms with E-state index < -0.39 is 21.7 Å². The zero-order valence-electron chi connectivity index (χ0n) is 18.2. The number of carbonyl (C=O) groups excluding carboxylic acids is 1. The van der Waals surface area contributed by atoms with Gasteiger partial charge in [-0.2, -0.15) is 4.72 Å². The fraction of sp³-hybridized carbons (Fsp3) is 0.458. The lowest BCUT2D eigenvalue weighted by molar-refractivity contribution is -0.145. The van der Waals surface area contributed by atoms with Crippen LogP contribution in [0.5, 0.6) is 5.75 Å². The number of sulfonamides is 1. The molecule has 172 valence electrons. The highest BCUT2D eigenvalue weighted by Crippen LogP contribution is 2.40. The molecule has 0 spiro atoms. The molecule has 7 nitrogen and oxygen atoms in total. The van der Waals surface area contributed by atoms with E-state index >= 15 is 0 Å². The molecule has 32 heavy (non-hydrogen) atoms. The number of methoxy groups -OCH3 is 1. The van der Waals surface area contributed by atoms with E-state index in [1.807, 2.05) is 6.07 Å². The molecule has 2 aromatic carbocycles. The molecule has 1 heterocycles. The van der Waals surface area contributed by atoms with Gasteiger partial charge < -0.3 is 14.7 Å². The minimum absolute atomic E-state index is 0.0311. The van der Waals surface area contributed by atoms with Crippen LogP contribution >= 0.6 is 0 Å². The second-order valence-electron chi connectivity index (χ2n) is 8.72. The SMILES string of the molecule is COc1ccc(S(=O)(=O)N[C@H](C(=O)N2CC[C@]3(O)CCCC[C@@H]3C2)c2ccccc2)cc1. The molecular formula is C24H30N2O5S. The summed E-state index contributed by atoms with van der Waals surface area (Å²) in [7, 11) is -2.44. The Balaban J connectivity index is 1.59. The number of hydrogen-bond acceptors (Lipinski definition) is 5. The zero-order valence-corrected chi connectivity index (χ0v) is 19.1. The largest absolute Gasteiger partial charge is 0.497 e. The maximum absolute atomic E-state index is 13.6. The predicted octanol–water partition coefficient (Wildman–Crippen LogP) is 2.87. The molecule has 0 bridgehead atoms. The molecule has 1 saturated heterocycles. The summed E-state index contributed by atoms with van der Waals surface area (Å²) in [5.74, 6) is 0.289. The van der Waals surface area contributed by atoms with E-state index in [0.717, 1.165) is 25.7 Å². The van der Waals surface area contributed by atoms with Crippen molar-refractivity contribution in [3.8, 4) is 5.75 Å². The van der Waals surface area contributed by atoms with Gasteiger partial charge in [-0.3, -0.25) is 4.79 Å². The number of carbonyl (C=O) groups is 1. The number of rotatable bonds is 6. The van der Waals surface area contributed by atoms with Crippen molar-refractivity contribution in [2.75, 3.05) is 20.2 Å². The van der Waals surface area contributed by atoms with E-state index in [2.05, 4.69) is 4.72 Å². The molecule has 8 heteroatoms. The first-order valence-corrected chi connectivity index (χ1v) is 12.5. The summed E-state index contributed by atoms with van der Waals surface area (Å²) in [5, 5.41) is 11.0. The molecule has 0 aromatic heterocycles. The number of benzene rings is 2. The van der Waals surface area contributed by atoms with Crippen LogP contribution in [0.2, 0.25) is 0 Å². The highest BCUT2D eigenvalue weighted by Gasteiger charge is 2.45. The molecule has 0 unspecified atom stereocenters. The zero-order chi connectivity index (χ0) is 22.8. The van der Waals surface area contributed by atoms with Gasteiger partial charge in [0.15, 0.2) is 0 Å². The van der Waals surface area contributed by atoms with Gasteiger partial charge in [-0.15, -0.1) is 0 Å². The molecular weight excluding hydrogens is 428 g/mol. The number of hydrogen-bond donors (Lipinski definition) is 2. The molecule has 2 aromatic rings. The van der Waals surface area contributed by atoms with E-state index in [-0.39, 0.29) is 16.7 Å². The third kappa shape index (κ3) is 4.67. The quantitative estimate of drug-likeness (QED) is 0.694. The van der Waals surface area contributed by atoms with Crippen LogP contribution in [0.1, 0.15) is 43.7 Å². The Labute approximate surface area is 189 Å². The molecule has 0 radical (unpaired) electrons. The van der Waals surface area contributed by atoms with E-state index in [9.17, 15) is 18.3 Å². The fourth-order valence-corrected chi connectivity index (χ4v) is 6.02. The molecule has 1 amide bonds. The first kappa shape index (κ1) is 22.8. The number of amides is 1. The average Bonchev–Trinajstić information content (AvgIpc) is 2.82. The molecule has 2 aliphatic rings. The lowest BCUT2D eigenvalue weighted by atomic mass is 9.71. The Morgan fingerprint density at radius 3 is 2.53 bits per heavy atom. The van der Waals surface area contributed by atoms with Crippen molar-refractivity contribution in [3.63, 3.8) is 0 Å². The number of aliphatic hydroxyl groups is 1. The summed E-state index contributed by atoms with van der Waals surface area (Å²) in [6.07, 6.45) is 4.23. The Kier molecular flexibility index (Phi) is 6.55. The van der Waals surface area contributed by atoms with Crippen molar-refractivity contribution in [1.29, 1.82) is 0 Å². The van der Waals surface area contributed by atoms with Gasteiger partial charge >= 0.3 is 0 Å². The Hall–Kier alpha value is -2.42. The van der Waals surface area contributed by atoms with Crippen LogP contribution in [0.15, 0.2) is 59.5 Å². The molecule has 2 N–H and O–H groups in total. The second-order valence-corrected chi connectivity index (χ2v) is 10.4. The average molecular weight is 459 g/mol. The topological polar surface area (TPSA) is 95.9 Å². The minimum Gasteiger partial charge on any atom is -0.497 e. The Bertz CT molecular complexity index is 1040. The van der Waals surface area contributed by atoms with Crippen molar-refractivity contribution in [1.82, 2.24) is 9.62 Å². The summed E-state index contributed by atoms with van der Waals surface area (Å²) in [6.45, 7) is 0.863. The first-order valence-electron chi connectivity index (χ1n) is 11.0. The van der Waals surface area contributed by atoms with Crippen LogP contribution < -0.4 is 9.46 Å². The number of ether oxygens (including phenoxy) is 1.